The molecule has 1 saturated heterocycles. The highest BCUT2D eigenvalue weighted by Crippen LogP contribution is 2.36. The average Bonchev–Trinajstić information content (AvgIpc) is 2.54. The topological polar surface area (TPSA) is 29.5 Å². The predicted molar refractivity (Wildman–Crippen MR) is 83.1 cm³/mol. The molecule has 3 heteroatoms. The predicted octanol–water partition coefficient (Wildman–Crippen LogP) is 3.49. The number of ether oxygens (including phenoxy) is 1. The molecule has 2 aliphatic rings. The van der Waals surface area contributed by atoms with Crippen molar-refractivity contribution >= 4 is 5.97 Å². The van der Waals surface area contributed by atoms with Gasteiger partial charge in [0.05, 0.1) is 12.7 Å². The number of likely N-dealkylation sites (tertiary alicyclic amines) is 1. The maximum absolute atomic E-state index is 11.9. The maximum Gasteiger partial charge on any atom is 0.338 e. The van der Waals surface area contributed by atoms with E-state index in [1.54, 1.807) is 0 Å². The molecule has 1 aliphatic carbocycles. The van der Waals surface area contributed by atoms with Gasteiger partial charge in [-0.2, -0.15) is 0 Å². The number of rotatable bonds is 3. The third kappa shape index (κ3) is 3.29. The zero-order chi connectivity index (χ0) is 14.7. The number of hydrogen-bond donors (Lipinski definition) is 0. The van der Waals surface area contributed by atoms with Crippen molar-refractivity contribution in [2.75, 3.05) is 20.2 Å². The van der Waals surface area contributed by atoms with Gasteiger partial charge in [0.25, 0.3) is 0 Å². The SMILES string of the molecule is COC(=O)c1ccccc1CN1CCC2CCCCC2C1. The molecule has 0 N–H and O–H groups in total. The molecule has 0 bridgehead atoms. The third-order valence-corrected chi connectivity index (χ3v) is 5.19. The lowest BCUT2D eigenvalue weighted by Gasteiger charge is -2.41. The number of hydrogen-bond acceptors (Lipinski definition) is 3. The summed E-state index contributed by atoms with van der Waals surface area (Å²) in [6.45, 7) is 3.23. The van der Waals surface area contributed by atoms with Gasteiger partial charge in [-0.25, -0.2) is 4.79 Å². The Morgan fingerprint density at radius 2 is 1.95 bits per heavy atom. The molecule has 3 nitrogen and oxygen atoms in total. The Balaban J connectivity index is 1.68. The molecule has 0 amide bonds. The summed E-state index contributed by atoms with van der Waals surface area (Å²) in [5.74, 6) is 1.60. The molecule has 1 aliphatic heterocycles. The van der Waals surface area contributed by atoms with Gasteiger partial charge in [-0.05, 0) is 42.9 Å². The number of esters is 1. The van der Waals surface area contributed by atoms with Gasteiger partial charge >= 0.3 is 5.97 Å². The first-order valence-electron chi connectivity index (χ1n) is 8.16. The van der Waals surface area contributed by atoms with E-state index in [1.165, 1.54) is 45.8 Å². The highest BCUT2D eigenvalue weighted by molar-refractivity contribution is 5.90. The molecule has 1 saturated carbocycles. The fourth-order valence-corrected chi connectivity index (χ4v) is 4.03. The lowest BCUT2D eigenvalue weighted by Crippen LogP contribution is -2.41. The minimum absolute atomic E-state index is 0.224. The summed E-state index contributed by atoms with van der Waals surface area (Å²) in [4.78, 5) is 14.4. The first kappa shape index (κ1) is 14.6. The molecule has 1 aromatic carbocycles. The van der Waals surface area contributed by atoms with Crippen molar-refractivity contribution in [3.63, 3.8) is 0 Å². The number of carbonyl (C=O) groups excluding carboxylic acids is 1. The van der Waals surface area contributed by atoms with Crippen LogP contribution in [0.25, 0.3) is 0 Å². The summed E-state index contributed by atoms with van der Waals surface area (Å²) in [5.41, 5.74) is 1.81. The van der Waals surface area contributed by atoms with Gasteiger partial charge in [-0.1, -0.05) is 37.5 Å². The molecule has 2 atom stereocenters. The molecule has 2 unspecified atom stereocenters. The van der Waals surface area contributed by atoms with E-state index in [0.29, 0.717) is 5.56 Å². The Kier molecular flexibility index (Phi) is 4.59. The summed E-state index contributed by atoms with van der Waals surface area (Å²) in [7, 11) is 1.45. The lowest BCUT2D eigenvalue weighted by atomic mass is 9.75. The normalized spacial score (nSPS) is 26.1. The minimum Gasteiger partial charge on any atom is -0.465 e. The number of methoxy groups -OCH3 is 1. The molecule has 0 spiro atoms. The lowest BCUT2D eigenvalue weighted by molar-refractivity contribution is 0.0592. The van der Waals surface area contributed by atoms with Crippen LogP contribution in [0, 0.1) is 11.8 Å². The highest BCUT2D eigenvalue weighted by atomic mass is 16.5. The zero-order valence-corrected chi connectivity index (χ0v) is 12.9. The Morgan fingerprint density at radius 1 is 1.19 bits per heavy atom. The summed E-state index contributed by atoms with van der Waals surface area (Å²) in [6, 6.07) is 7.84. The van der Waals surface area contributed by atoms with Crippen LogP contribution in [0.15, 0.2) is 24.3 Å². The van der Waals surface area contributed by atoms with Crippen molar-refractivity contribution in [1.29, 1.82) is 0 Å². The van der Waals surface area contributed by atoms with E-state index in [4.69, 9.17) is 4.74 Å². The number of benzene rings is 1. The summed E-state index contributed by atoms with van der Waals surface area (Å²) < 4.78 is 4.89. The Hall–Kier alpha value is -1.35. The molecule has 21 heavy (non-hydrogen) atoms. The second-order valence-corrected chi connectivity index (χ2v) is 6.48. The zero-order valence-electron chi connectivity index (χ0n) is 12.9. The first-order chi connectivity index (χ1) is 10.3. The van der Waals surface area contributed by atoms with Gasteiger partial charge in [-0.3, -0.25) is 4.90 Å². The van der Waals surface area contributed by atoms with Gasteiger partial charge in [0.2, 0.25) is 0 Å². The molecule has 0 radical (unpaired) electrons. The van der Waals surface area contributed by atoms with Crippen molar-refractivity contribution in [3.05, 3.63) is 35.4 Å². The van der Waals surface area contributed by atoms with Crippen LogP contribution in [0.3, 0.4) is 0 Å². The molecule has 3 rings (SSSR count). The van der Waals surface area contributed by atoms with Gasteiger partial charge in [0.1, 0.15) is 0 Å². The largest absolute Gasteiger partial charge is 0.465 e. The average molecular weight is 287 g/mol. The van der Waals surface area contributed by atoms with E-state index in [0.717, 1.165) is 30.5 Å². The van der Waals surface area contributed by atoms with E-state index >= 15 is 0 Å². The molecular formula is C18H25NO2. The molecule has 0 aromatic heterocycles. The van der Waals surface area contributed by atoms with Gasteiger partial charge in [0, 0.05) is 13.1 Å². The summed E-state index contributed by atoms with van der Waals surface area (Å²) in [5, 5.41) is 0. The second-order valence-electron chi connectivity index (χ2n) is 6.48. The van der Waals surface area contributed by atoms with E-state index in [-0.39, 0.29) is 5.97 Å². The molecular weight excluding hydrogens is 262 g/mol. The number of nitrogens with zero attached hydrogens (tertiary/aromatic N) is 1. The van der Waals surface area contributed by atoms with Crippen LogP contribution in [0.1, 0.15) is 48.0 Å². The molecule has 1 aromatic rings. The fourth-order valence-electron chi connectivity index (χ4n) is 4.03. The monoisotopic (exact) mass is 287 g/mol. The Bertz CT molecular complexity index is 500. The van der Waals surface area contributed by atoms with Gasteiger partial charge in [0.15, 0.2) is 0 Å². The number of carbonyl (C=O) groups is 1. The van der Waals surface area contributed by atoms with Crippen LogP contribution >= 0.6 is 0 Å². The van der Waals surface area contributed by atoms with Crippen LogP contribution in [-0.4, -0.2) is 31.1 Å². The van der Waals surface area contributed by atoms with Gasteiger partial charge < -0.3 is 4.74 Å². The van der Waals surface area contributed by atoms with E-state index < -0.39 is 0 Å². The molecule has 1 heterocycles. The highest BCUT2D eigenvalue weighted by Gasteiger charge is 2.31. The van der Waals surface area contributed by atoms with Crippen molar-refractivity contribution < 1.29 is 9.53 Å². The Labute approximate surface area is 127 Å². The van der Waals surface area contributed by atoms with Crippen LogP contribution in [0.4, 0.5) is 0 Å². The number of fused-ring (bicyclic) bond motifs is 1. The van der Waals surface area contributed by atoms with Crippen LogP contribution < -0.4 is 0 Å². The van der Waals surface area contributed by atoms with Crippen molar-refractivity contribution in [2.45, 2.75) is 38.6 Å². The molecule has 2 fully saturated rings. The third-order valence-electron chi connectivity index (χ3n) is 5.19. The smallest absolute Gasteiger partial charge is 0.338 e. The minimum atomic E-state index is -0.224. The summed E-state index contributed by atoms with van der Waals surface area (Å²) >= 11 is 0. The molecule has 114 valence electrons. The van der Waals surface area contributed by atoms with Crippen LogP contribution in [-0.2, 0) is 11.3 Å². The van der Waals surface area contributed by atoms with E-state index in [1.807, 2.05) is 18.2 Å². The first-order valence-corrected chi connectivity index (χ1v) is 8.16. The Morgan fingerprint density at radius 3 is 2.76 bits per heavy atom. The fraction of sp³-hybridized carbons (Fsp3) is 0.611. The van der Waals surface area contributed by atoms with Crippen LogP contribution in [0.5, 0.6) is 0 Å². The van der Waals surface area contributed by atoms with E-state index in [9.17, 15) is 4.79 Å². The second kappa shape index (κ2) is 6.61. The van der Waals surface area contributed by atoms with Crippen molar-refractivity contribution in [3.8, 4) is 0 Å². The van der Waals surface area contributed by atoms with E-state index in [2.05, 4.69) is 11.0 Å². The van der Waals surface area contributed by atoms with Crippen molar-refractivity contribution in [2.24, 2.45) is 11.8 Å². The standard InChI is InChI=1S/C18H25NO2/c1-21-18(20)17-9-5-4-8-16(17)13-19-11-10-14-6-2-3-7-15(14)12-19/h4-5,8-9,14-15H,2-3,6-7,10-13H2,1H3. The van der Waals surface area contributed by atoms with Gasteiger partial charge in [-0.15, -0.1) is 0 Å². The van der Waals surface area contributed by atoms with Crippen LogP contribution in [0.2, 0.25) is 0 Å². The number of piperidine rings is 1. The summed E-state index contributed by atoms with van der Waals surface area (Å²) in [6.07, 6.45) is 6.96. The quantitative estimate of drug-likeness (QED) is 0.797. The van der Waals surface area contributed by atoms with Crippen molar-refractivity contribution in [1.82, 2.24) is 4.90 Å². The maximum atomic E-state index is 11.9.